The van der Waals surface area contributed by atoms with Crippen molar-refractivity contribution in [2.75, 3.05) is 0 Å². The van der Waals surface area contributed by atoms with E-state index in [1.807, 2.05) is 30.3 Å². The van der Waals surface area contributed by atoms with E-state index in [1.165, 1.54) is 51.4 Å². The Bertz CT molecular complexity index is 509. The van der Waals surface area contributed by atoms with Gasteiger partial charge in [0.1, 0.15) is 0 Å². The third-order valence-corrected chi connectivity index (χ3v) is 7.45. The Kier molecular flexibility index (Phi) is 4.17. The maximum absolute atomic E-state index is 13.2. The van der Waals surface area contributed by atoms with Crippen molar-refractivity contribution in [1.82, 2.24) is 4.90 Å². The zero-order chi connectivity index (χ0) is 14.9. The van der Waals surface area contributed by atoms with E-state index in [2.05, 4.69) is 16.7 Å². The highest BCUT2D eigenvalue weighted by molar-refractivity contribution is 8.00. The first-order chi connectivity index (χ1) is 10.8. The summed E-state index contributed by atoms with van der Waals surface area (Å²) in [6.07, 6.45) is 10.3. The largest absolute Gasteiger partial charge is 0.330 e. The zero-order valence-electron chi connectivity index (χ0n) is 13.1. The molecule has 118 valence electrons. The molecule has 0 bridgehead atoms. The fourth-order valence-electron chi connectivity index (χ4n) is 4.61. The van der Waals surface area contributed by atoms with Crippen LogP contribution in [0.3, 0.4) is 0 Å². The topological polar surface area (TPSA) is 20.3 Å². The van der Waals surface area contributed by atoms with E-state index in [4.69, 9.17) is 0 Å². The molecule has 2 nitrogen and oxygen atoms in total. The van der Waals surface area contributed by atoms with Crippen LogP contribution in [0.4, 0.5) is 0 Å². The van der Waals surface area contributed by atoms with Crippen LogP contribution in [0.5, 0.6) is 0 Å². The predicted molar refractivity (Wildman–Crippen MR) is 92.3 cm³/mol. The molecule has 0 spiro atoms. The Labute approximate surface area is 137 Å². The van der Waals surface area contributed by atoms with Crippen molar-refractivity contribution >= 4 is 17.7 Å². The monoisotopic (exact) mass is 315 g/mol. The van der Waals surface area contributed by atoms with E-state index in [0.717, 1.165) is 5.56 Å². The van der Waals surface area contributed by atoms with Crippen molar-refractivity contribution in [3.8, 4) is 0 Å². The number of carbonyl (C=O) groups excluding carboxylic acids is 1. The summed E-state index contributed by atoms with van der Waals surface area (Å²) < 4.78 is 0. The summed E-state index contributed by atoms with van der Waals surface area (Å²) in [6, 6.07) is 10.9. The molecular weight excluding hydrogens is 290 g/mol. The van der Waals surface area contributed by atoms with Crippen molar-refractivity contribution in [1.29, 1.82) is 0 Å². The van der Waals surface area contributed by atoms with Gasteiger partial charge in [-0.2, -0.15) is 11.8 Å². The first-order valence-corrected chi connectivity index (χ1v) is 9.82. The fraction of sp³-hybridized carbons (Fsp3) is 0.632. The minimum absolute atomic E-state index is 0.287. The molecule has 3 aliphatic rings. The summed E-state index contributed by atoms with van der Waals surface area (Å²) in [6.45, 7) is 0. The molecule has 1 aromatic rings. The molecule has 1 amide bonds. The highest BCUT2D eigenvalue weighted by Crippen LogP contribution is 2.46. The van der Waals surface area contributed by atoms with Gasteiger partial charge in [0.25, 0.3) is 5.91 Å². The SMILES string of the molecule is O=C(c1ccccc1)N1C2CCCCC2S[C@H]2CCCCC21. The van der Waals surface area contributed by atoms with Crippen LogP contribution in [0.25, 0.3) is 0 Å². The molecule has 0 N–H and O–H groups in total. The van der Waals surface area contributed by atoms with Crippen LogP contribution in [0.1, 0.15) is 61.7 Å². The van der Waals surface area contributed by atoms with E-state index in [9.17, 15) is 4.79 Å². The summed E-state index contributed by atoms with van der Waals surface area (Å²) in [7, 11) is 0. The van der Waals surface area contributed by atoms with Gasteiger partial charge in [-0.1, -0.05) is 43.9 Å². The smallest absolute Gasteiger partial charge is 0.254 e. The normalized spacial score (nSPS) is 34.6. The molecule has 3 heteroatoms. The highest BCUT2D eigenvalue weighted by Gasteiger charge is 2.46. The predicted octanol–water partition coefficient (Wildman–Crippen LogP) is 4.50. The second kappa shape index (κ2) is 6.27. The molecule has 4 atom stereocenters. The first kappa shape index (κ1) is 14.6. The molecule has 1 aromatic carbocycles. The summed E-state index contributed by atoms with van der Waals surface area (Å²) in [5, 5.41) is 1.36. The van der Waals surface area contributed by atoms with Gasteiger partial charge in [0.05, 0.1) is 0 Å². The summed E-state index contributed by atoms with van der Waals surface area (Å²) in [5.74, 6) is 0.287. The molecule has 0 aromatic heterocycles. The molecule has 3 fully saturated rings. The molecule has 1 aliphatic heterocycles. The standard InChI is InChI=1S/C19H25NOS/c21-19(14-8-2-1-3-9-14)20-15-10-4-6-12-17(15)22-18-13-7-5-11-16(18)20/h1-3,8-9,15-18H,4-7,10-13H2/t15?,16?,17-,18?/m0/s1. The van der Waals surface area contributed by atoms with Crippen LogP contribution in [-0.4, -0.2) is 33.4 Å². The maximum Gasteiger partial charge on any atom is 0.254 e. The van der Waals surface area contributed by atoms with Crippen LogP contribution in [0.2, 0.25) is 0 Å². The number of carbonyl (C=O) groups is 1. The lowest BCUT2D eigenvalue weighted by molar-refractivity contribution is 0.0437. The van der Waals surface area contributed by atoms with Crippen LogP contribution < -0.4 is 0 Å². The number of benzene rings is 1. The highest BCUT2D eigenvalue weighted by atomic mass is 32.2. The third kappa shape index (κ3) is 2.58. The number of nitrogens with zero attached hydrogens (tertiary/aromatic N) is 1. The molecular formula is C19H25NOS. The quantitative estimate of drug-likeness (QED) is 0.760. The summed E-state index contributed by atoms with van der Waals surface area (Å²) in [5.41, 5.74) is 0.878. The summed E-state index contributed by atoms with van der Waals surface area (Å²) in [4.78, 5) is 15.6. The minimum Gasteiger partial charge on any atom is -0.330 e. The van der Waals surface area contributed by atoms with E-state index in [0.29, 0.717) is 22.6 Å². The van der Waals surface area contributed by atoms with Gasteiger partial charge in [-0.3, -0.25) is 4.79 Å². The van der Waals surface area contributed by atoms with Gasteiger partial charge in [0, 0.05) is 28.1 Å². The Morgan fingerprint density at radius 1 is 0.864 bits per heavy atom. The van der Waals surface area contributed by atoms with Gasteiger partial charge in [-0.15, -0.1) is 0 Å². The van der Waals surface area contributed by atoms with E-state index in [-0.39, 0.29) is 5.91 Å². The van der Waals surface area contributed by atoms with Gasteiger partial charge in [0.15, 0.2) is 0 Å². The van der Waals surface area contributed by atoms with E-state index < -0.39 is 0 Å². The van der Waals surface area contributed by atoms with Crippen LogP contribution >= 0.6 is 11.8 Å². The average molecular weight is 315 g/mol. The van der Waals surface area contributed by atoms with Crippen LogP contribution in [0, 0.1) is 0 Å². The molecule has 1 heterocycles. The zero-order valence-corrected chi connectivity index (χ0v) is 13.9. The molecule has 22 heavy (non-hydrogen) atoms. The first-order valence-electron chi connectivity index (χ1n) is 8.88. The van der Waals surface area contributed by atoms with Gasteiger partial charge in [0.2, 0.25) is 0 Å². The lowest BCUT2D eigenvalue weighted by atomic mass is 9.86. The Hall–Kier alpha value is -0.960. The van der Waals surface area contributed by atoms with Crippen LogP contribution in [0.15, 0.2) is 30.3 Å². The van der Waals surface area contributed by atoms with Gasteiger partial charge < -0.3 is 4.90 Å². The van der Waals surface area contributed by atoms with Crippen molar-refractivity contribution in [3.63, 3.8) is 0 Å². The lowest BCUT2D eigenvalue weighted by Crippen LogP contribution is -2.60. The number of amides is 1. The number of fused-ring (bicyclic) bond motifs is 2. The maximum atomic E-state index is 13.2. The van der Waals surface area contributed by atoms with Crippen molar-refractivity contribution in [2.24, 2.45) is 0 Å². The lowest BCUT2D eigenvalue weighted by Gasteiger charge is -2.53. The molecule has 4 rings (SSSR count). The molecule has 2 aliphatic carbocycles. The molecule has 0 radical (unpaired) electrons. The summed E-state index contributed by atoms with van der Waals surface area (Å²) >= 11 is 2.22. The number of thioether (sulfide) groups is 1. The number of hydrogen-bond acceptors (Lipinski definition) is 2. The van der Waals surface area contributed by atoms with Crippen molar-refractivity contribution in [3.05, 3.63) is 35.9 Å². The minimum atomic E-state index is 0.287. The van der Waals surface area contributed by atoms with Gasteiger partial charge in [-0.05, 0) is 37.8 Å². The van der Waals surface area contributed by atoms with Gasteiger partial charge in [-0.25, -0.2) is 0 Å². The average Bonchev–Trinajstić information content (AvgIpc) is 2.60. The third-order valence-electron chi connectivity index (χ3n) is 5.65. The molecule has 1 saturated heterocycles. The fourth-order valence-corrected chi connectivity index (χ4v) is 6.56. The molecule has 3 unspecified atom stereocenters. The Balaban J connectivity index is 1.67. The Morgan fingerprint density at radius 3 is 2.00 bits per heavy atom. The number of hydrogen-bond donors (Lipinski definition) is 0. The van der Waals surface area contributed by atoms with E-state index in [1.54, 1.807) is 0 Å². The molecule has 2 saturated carbocycles. The second-order valence-electron chi connectivity index (χ2n) is 7.00. The van der Waals surface area contributed by atoms with Gasteiger partial charge >= 0.3 is 0 Å². The van der Waals surface area contributed by atoms with Crippen molar-refractivity contribution < 1.29 is 4.79 Å². The Morgan fingerprint density at radius 2 is 1.41 bits per heavy atom. The van der Waals surface area contributed by atoms with Crippen molar-refractivity contribution in [2.45, 2.75) is 74.0 Å². The van der Waals surface area contributed by atoms with E-state index >= 15 is 0 Å². The second-order valence-corrected chi connectivity index (χ2v) is 8.48. The van der Waals surface area contributed by atoms with Crippen LogP contribution in [-0.2, 0) is 0 Å². The number of rotatable bonds is 1.